The standard InChI is InChI=1S/C24H20F3N5O/c1-32-20(24(25,26)27)18(10-30-32)16-8-17(16)21(33)31-19-7-14-6-15(3-2-13(14)9-29-19)23(12-28)11-22(23)4-5-22/h2-3,6-7,9-10,16-17H,4-5,8,11H2,1H3,(H,29,31,33). The number of rotatable bonds is 4. The molecule has 0 bridgehead atoms. The molecule has 1 N–H and O–H groups in total. The molecule has 2 aromatic heterocycles. The summed E-state index contributed by atoms with van der Waals surface area (Å²) in [6, 6.07) is 10.2. The first kappa shape index (κ1) is 20.2. The van der Waals surface area contributed by atoms with Crippen molar-refractivity contribution < 1.29 is 18.0 Å². The number of aryl methyl sites for hydroxylation is 1. The maximum absolute atomic E-state index is 13.4. The number of benzene rings is 1. The summed E-state index contributed by atoms with van der Waals surface area (Å²) >= 11 is 0. The third-order valence-electron chi connectivity index (χ3n) is 7.66. The minimum absolute atomic E-state index is 0.0569. The average Bonchev–Trinajstić information content (AvgIpc) is 3.71. The zero-order chi connectivity index (χ0) is 23.2. The Morgan fingerprint density at radius 3 is 2.70 bits per heavy atom. The van der Waals surface area contributed by atoms with Crippen LogP contribution < -0.4 is 5.32 Å². The van der Waals surface area contributed by atoms with Crippen molar-refractivity contribution in [1.82, 2.24) is 14.8 Å². The lowest BCUT2D eigenvalue weighted by atomic mass is 9.92. The monoisotopic (exact) mass is 451 g/mol. The van der Waals surface area contributed by atoms with Crippen LogP contribution >= 0.6 is 0 Å². The van der Waals surface area contributed by atoms with Gasteiger partial charge in [-0.2, -0.15) is 23.5 Å². The summed E-state index contributed by atoms with van der Waals surface area (Å²) < 4.78 is 40.9. The summed E-state index contributed by atoms with van der Waals surface area (Å²) in [5.74, 6) is -1.07. The number of pyridine rings is 1. The second-order valence-electron chi connectivity index (χ2n) is 9.61. The van der Waals surface area contributed by atoms with Gasteiger partial charge in [-0.1, -0.05) is 12.1 Å². The average molecular weight is 451 g/mol. The summed E-state index contributed by atoms with van der Waals surface area (Å²) in [5, 5.41) is 18.1. The largest absolute Gasteiger partial charge is 0.433 e. The van der Waals surface area contributed by atoms with Crippen LogP contribution in [0.2, 0.25) is 0 Å². The smallest absolute Gasteiger partial charge is 0.310 e. The lowest BCUT2D eigenvalue weighted by Gasteiger charge is -2.11. The van der Waals surface area contributed by atoms with Gasteiger partial charge in [0.25, 0.3) is 0 Å². The number of carbonyl (C=O) groups is 1. The Balaban J connectivity index is 1.22. The number of anilines is 1. The first-order chi connectivity index (χ1) is 15.7. The van der Waals surface area contributed by atoms with Gasteiger partial charge in [0.2, 0.25) is 5.91 Å². The van der Waals surface area contributed by atoms with Crippen molar-refractivity contribution in [2.24, 2.45) is 18.4 Å². The summed E-state index contributed by atoms with van der Waals surface area (Å²) in [6.07, 6.45) is 1.74. The number of fused-ring (bicyclic) bond motifs is 1. The number of carbonyl (C=O) groups excluding carboxylic acids is 1. The first-order valence-electron chi connectivity index (χ1n) is 10.9. The van der Waals surface area contributed by atoms with Gasteiger partial charge in [0.15, 0.2) is 0 Å². The highest BCUT2D eigenvalue weighted by Gasteiger charge is 2.75. The van der Waals surface area contributed by atoms with E-state index < -0.39 is 29.1 Å². The predicted octanol–water partition coefficient (Wildman–Crippen LogP) is 4.67. The van der Waals surface area contributed by atoms with Crippen LogP contribution in [0.4, 0.5) is 19.0 Å². The second-order valence-corrected chi connectivity index (χ2v) is 9.61. The van der Waals surface area contributed by atoms with E-state index in [0.717, 1.165) is 40.3 Å². The molecule has 1 spiro atoms. The van der Waals surface area contributed by atoms with Crippen LogP contribution in [0.25, 0.3) is 10.8 Å². The Hall–Kier alpha value is -3.41. The van der Waals surface area contributed by atoms with Crippen molar-refractivity contribution in [3.63, 3.8) is 0 Å². The first-order valence-corrected chi connectivity index (χ1v) is 10.9. The topological polar surface area (TPSA) is 83.6 Å². The van der Waals surface area contributed by atoms with Crippen molar-refractivity contribution in [3.05, 3.63) is 53.5 Å². The Morgan fingerprint density at radius 1 is 1.24 bits per heavy atom. The quantitative estimate of drug-likeness (QED) is 0.625. The predicted molar refractivity (Wildman–Crippen MR) is 113 cm³/mol. The third-order valence-corrected chi connectivity index (χ3v) is 7.66. The molecular formula is C24H20F3N5O. The van der Waals surface area contributed by atoms with Crippen LogP contribution in [0, 0.1) is 22.7 Å². The van der Waals surface area contributed by atoms with Gasteiger partial charge < -0.3 is 5.32 Å². The molecule has 3 aliphatic carbocycles. The molecule has 3 aromatic rings. The van der Waals surface area contributed by atoms with E-state index in [-0.39, 0.29) is 16.9 Å². The number of aromatic nitrogens is 3. The van der Waals surface area contributed by atoms with Gasteiger partial charge in [0.05, 0.1) is 17.7 Å². The molecule has 0 radical (unpaired) electrons. The highest BCUT2D eigenvalue weighted by Crippen LogP contribution is 2.78. The Bertz CT molecular complexity index is 1370. The zero-order valence-electron chi connectivity index (χ0n) is 17.8. The Kier molecular flexibility index (Phi) is 3.88. The lowest BCUT2D eigenvalue weighted by molar-refractivity contribution is -0.144. The van der Waals surface area contributed by atoms with E-state index in [2.05, 4.69) is 21.5 Å². The van der Waals surface area contributed by atoms with E-state index in [0.29, 0.717) is 12.2 Å². The number of halogens is 3. The number of nitrogens with one attached hydrogen (secondary N) is 1. The molecule has 1 amide bonds. The molecular weight excluding hydrogens is 431 g/mol. The Labute approximate surface area is 187 Å². The maximum Gasteiger partial charge on any atom is 0.433 e. The van der Waals surface area contributed by atoms with Crippen LogP contribution in [0.3, 0.4) is 0 Å². The van der Waals surface area contributed by atoms with Gasteiger partial charge in [0.1, 0.15) is 11.5 Å². The van der Waals surface area contributed by atoms with Crippen molar-refractivity contribution in [1.29, 1.82) is 5.26 Å². The Morgan fingerprint density at radius 2 is 2.03 bits per heavy atom. The van der Waals surface area contributed by atoms with Gasteiger partial charge >= 0.3 is 6.18 Å². The molecule has 3 aliphatic rings. The highest BCUT2D eigenvalue weighted by molar-refractivity contribution is 5.96. The summed E-state index contributed by atoms with van der Waals surface area (Å²) in [6.45, 7) is 0. The van der Waals surface area contributed by atoms with E-state index >= 15 is 0 Å². The lowest BCUT2D eigenvalue weighted by Crippen LogP contribution is -2.17. The molecule has 3 fully saturated rings. The number of amides is 1. The number of hydrogen-bond acceptors (Lipinski definition) is 4. The number of alkyl halides is 3. The van der Waals surface area contributed by atoms with Gasteiger partial charge in [-0.25, -0.2) is 4.98 Å². The number of nitrogens with zero attached hydrogens (tertiary/aromatic N) is 4. The van der Waals surface area contributed by atoms with Crippen molar-refractivity contribution in [2.45, 2.75) is 43.2 Å². The third kappa shape index (κ3) is 2.96. The van der Waals surface area contributed by atoms with E-state index in [1.807, 2.05) is 18.2 Å². The van der Waals surface area contributed by atoms with E-state index in [4.69, 9.17) is 0 Å². The van der Waals surface area contributed by atoms with Gasteiger partial charge in [-0.05, 0) is 60.1 Å². The van der Waals surface area contributed by atoms with Crippen LogP contribution in [-0.2, 0) is 23.4 Å². The minimum atomic E-state index is -4.52. The van der Waals surface area contributed by atoms with Crippen LogP contribution in [0.1, 0.15) is 48.4 Å². The van der Waals surface area contributed by atoms with Gasteiger partial charge in [-0.15, -0.1) is 0 Å². The molecule has 3 saturated carbocycles. The fourth-order valence-electron chi connectivity index (χ4n) is 5.44. The normalized spacial score (nSPS) is 26.8. The molecule has 0 aliphatic heterocycles. The van der Waals surface area contributed by atoms with E-state index in [1.165, 1.54) is 13.2 Å². The number of hydrogen-bond donors (Lipinski definition) is 1. The molecule has 6 rings (SSSR count). The van der Waals surface area contributed by atoms with Crippen molar-refractivity contribution in [3.8, 4) is 6.07 Å². The highest BCUT2D eigenvalue weighted by atomic mass is 19.4. The zero-order valence-corrected chi connectivity index (χ0v) is 17.8. The maximum atomic E-state index is 13.4. The van der Waals surface area contributed by atoms with Crippen LogP contribution in [-0.4, -0.2) is 20.7 Å². The van der Waals surface area contributed by atoms with Crippen molar-refractivity contribution >= 4 is 22.5 Å². The van der Waals surface area contributed by atoms with Crippen LogP contribution in [0.15, 0.2) is 36.7 Å². The van der Waals surface area contributed by atoms with Gasteiger partial charge in [-0.3, -0.25) is 9.48 Å². The van der Waals surface area contributed by atoms with E-state index in [9.17, 15) is 23.2 Å². The molecule has 3 unspecified atom stereocenters. The molecule has 168 valence electrons. The number of nitriles is 1. The van der Waals surface area contributed by atoms with Crippen molar-refractivity contribution in [2.75, 3.05) is 5.32 Å². The summed E-state index contributed by atoms with van der Waals surface area (Å²) in [7, 11) is 1.25. The molecule has 2 heterocycles. The van der Waals surface area contributed by atoms with Gasteiger partial charge in [0, 0.05) is 30.1 Å². The molecule has 6 nitrogen and oxygen atoms in total. The molecule has 0 saturated heterocycles. The SMILES string of the molecule is Cn1ncc(C2CC2C(=O)Nc2cc3cc(C4(C#N)CC45CC5)ccc3cn2)c1C(F)(F)F. The summed E-state index contributed by atoms with van der Waals surface area (Å²) in [4.78, 5) is 17.0. The second kappa shape index (κ2) is 6.34. The fourth-order valence-corrected chi connectivity index (χ4v) is 5.44. The summed E-state index contributed by atoms with van der Waals surface area (Å²) in [5.41, 5.74) is -0.00515. The fraction of sp³-hybridized carbons (Fsp3) is 0.417. The molecule has 33 heavy (non-hydrogen) atoms. The minimum Gasteiger partial charge on any atom is -0.310 e. The van der Waals surface area contributed by atoms with E-state index in [1.54, 1.807) is 12.3 Å². The molecule has 9 heteroatoms. The molecule has 1 aromatic carbocycles. The molecule has 3 atom stereocenters. The van der Waals surface area contributed by atoms with Crippen LogP contribution in [0.5, 0.6) is 0 Å².